The van der Waals surface area contributed by atoms with Gasteiger partial charge in [-0.3, -0.25) is 4.79 Å². The summed E-state index contributed by atoms with van der Waals surface area (Å²) in [6, 6.07) is 14.2. The van der Waals surface area contributed by atoms with E-state index in [4.69, 9.17) is 4.74 Å². The number of benzene rings is 2. The van der Waals surface area contributed by atoms with E-state index in [0.717, 1.165) is 65.1 Å². The van der Waals surface area contributed by atoms with Crippen molar-refractivity contribution in [1.82, 2.24) is 9.88 Å². The number of carbonyl (C=O) groups is 1. The maximum absolute atomic E-state index is 13.1. The predicted molar refractivity (Wildman–Crippen MR) is 104 cm³/mol. The lowest BCUT2D eigenvalue weighted by Crippen LogP contribution is -2.18. The highest BCUT2D eigenvalue weighted by Gasteiger charge is 2.23. The van der Waals surface area contributed by atoms with Gasteiger partial charge in [0.1, 0.15) is 5.75 Å². The van der Waals surface area contributed by atoms with Crippen molar-refractivity contribution in [1.29, 1.82) is 0 Å². The second-order valence-electron chi connectivity index (χ2n) is 6.92. The van der Waals surface area contributed by atoms with Gasteiger partial charge in [0.05, 0.1) is 5.56 Å². The van der Waals surface area contributed by atoms with Gasteiger partial charge in [0, 0.05) is 42.7 Å². The van der Waals surface area contributed by atoms with E-state index >= 15 is 0 Å². The Morgan fingerprint density at radius 3 is 2.65 bits per heavy atom. The summed E-state index contributed by atoms with van der Waals surface area (Å²) < 4.78 is 8.24. The molecule has 1 aliphatic rings. The highest BCUT2D eigenvalue weighted by atomic mass is 16.5. The van der Waals surface area contributed by atoms with Crippen molar-refractivity contribution in [3.63, 3.8) is 0 Å². The van der Waals surface area contributed by atoms with E-state index in [1.807, 2.05) is 44.2 Å². The fraction of sp³-hybridized carbons (Fsp3) is 0.318. The van der Waals surface area contributed by atoms with E-state index in [2.05, 4.69) is 22.0 Å². The van der Waals surface area contributed by atoms with Crippen LogP contribution in [0, 0.1) is 13.8 Å². The van der Waals surface area contributed by atoms with Crippen molar-refractivity contribution in [3.05, 3.63) is 64.8 Å². The van der Waals surface area contributed by atoms with Crippen LogP contribution in [0.2, 0.25) is 0 Å². The van der Waals surface area contributed by atoms with Crippen LogP contribution in [-0.4, -0.2) is 30.0 Å². The van der Waals surface area contributed by atoms with Crippen molar-refractivity contribution >= 4 is 16.7 Å². The van der Waals surface area contributed by atoms with Crippen molar-refractivity contribution < 1.29 is 9.53 Å². The quantitative estimate of drug-likeness (QED) is 0.732. The molecule has 3 aromatic rings. The number of nitrogens with one attached hydrogen (secondary N) is 1. The van der Waals surface area contributed by atoms with Crippen molar-refractivity contribution in [3.8, 4) is 5.75 Å². The Hall–Kier alpha value is -2.59. The molecule has 0 saturated heterocycles. The number of Topliss-reactive ketones (excluding diaryl/α,β-unsaturated/α-hetero) is 1. The Labute approximate surface area is 153 Å². The zero-order valence-electron chi connectivity index (χ0n) is 15.3. The van der Waals surface area contributed by atoms with Gasteiger partial charge >= 0.3 is 0 Å². The van der Waals surface area contributed by atoms with Gasteiger partial charge in [0.25, 0.3) is 0 Å². The highest BCUT2D eigenvalue weighted by molar-refractivity contribution is 6.10. The van der Waals surface area contributed by atoms with Crippen LogP contribution in [0.15, 0.2) is 42.5 Å². The van der Waals surface area contributed by atoms with E-state index in [1.165, 1.54) is 0 Å². The number of fused-ring (bicyclic) bond motifs is 3. The Morgan fingerprint density at radius 1 is 1.08 bits per heavy atom. The first kappa shape index (κ1) is 16.9. The molecule has 0 aliphatic carbocycles. The maximum atomic E-state index is 13.1. The topological polar surface area (TPSA) is 43.3 Å². The number of carbonyl (C=O) groups excluding carboxylic acids is 1. The second kappa shape index (κ2) is 6.96. The van der Waals surface area contributed by atoms with Crippen LogP contribution >= 0.6 is 0 Å². The summed E-state index contributed by atoms with van der Waals surface area (Å²) in [5.74, 6) is 0.872. The molecule has 1 aliphatic heterocycles. The normalized spacial score (nSPS) is 14.1. The molecule has 4 nitrogen and oxygen atoms in total. The number of ether oxygens (including phenoxy) is 1. The number of para-hydroxylation sites is 2. The van der Waals surface area contributed by atoms with Gasteiger partial charge in [-0.25, -0.2) is 0 Å². The van der Waals surface area contributed by atoms with Crippen LogP contribution < -0.4 is 10.1 Å². The number of hydrogen-bond donors (Lipinski definition) is 1. The molecule has 2 aromatic carbocycles. The van der Waals surface area contributed by atoms with Gasteiger partial charge in [-0.05, 0) is 31.0 Å². The molecule has 26 heavy (non-hydrogen) atoms. The number of aromatic nitrogens is 1. The van der Waals surface area contributed by atoms with E-state index in [9.17, 15) is 4.79 Å². The third kappa shape index (κ3) is 2.90. The standard InChI is InChI=1S/C22H24N2O2/c1-15-6-5-7-16(2)22(15)26-14-20(25)21-17-8-3-4-9-18(17)24-13-12-23-11-10-19(21)24/h3-9,23H,10-14H2,1-2H3. The minimum atomic E-state index is 0.0551. The summed E-state index contributed by atoms with van der Waals surface area (Å²) in [6.07, 6.45) is 0.860. The van der Waals surface area contributed by atoms with E-state index in [1.54, 1.807) is 0 Å². The lowest BCUT2D eigenvalue weighted by molar-refractivity contribution is 0.0921. The van der Waals surface area contributed by atoms with Crippen LogP contribution in [0.4, 0.5) is 0 Å². The summed E-state index contributed by atoms with van der Waals surface area (Å²) in [7, 11) is 0. The summed E-state index contributed by atoms with van der Waals surface area (Å²) in [5.41, 5.74) is 5.22. The molecule has 1 N–H and O–H groups in total. The first-order valence-electron chi connectivity index (χ1n) is 9.20. The number of nitrogens with zero attached hydrogens (tertiary/aromatic N) is 1. The largest absolute Gasteiger partial charge is 0.485 e. The first-order valence-corrected chi connectivity index (χ1v) is 9.20. The zero-order chi connectivity index (χ0) is 18.1. The van der Waals surface area contributed by atoms with E-state index in [0.29, 0.717) is 0 Å². The van der Waals surface area contributed by atoms with Crippen LogP contribution in [0.25, 0.3) is 10.9 Å². The lowest BCUT2D eigenvalue weighted by atomic mass is 10.0. The van der Waals surface area contributed by atoms with Gasteiger partial charge in [-0.1, -0.05) is 36.4 Å². The molecule has 2 heterocycles. The molecule has 134 valence electrons. The SMILES string of the molecule is Cc1cccc(C)c1OCC(=O)c1c2n(c3ccccc13)CCNCC2. The molecule has 0 unspecified atom stereocenters. The summed E-state index contributed by atoms with van der Waals surface area (Å²) in [4.78, 5) is 13.1. The number of aryl methyl sites for hydroxylation is 2. The number of hydrogen-bond acceptors (Lipinski definition) is 3. The molecule has 4 rings (SSSR count). The Balaban J connectivity index is 1.70. The predicted octanol–water partition coefficient (Wildman–Crippen LogP) is 3.67. The zero-order valence-corrected chi connectivity index (χ0v) is 15.3. The van der Waals surface area contributed by atoms with Gasteiger partial charge < -0.3 is 14.6 Å². The number of ketones is 1. The average Bonchev–Trinajstić information content (AvgIpc) is 2.78. The molecule has 0 fully saturated rings. The smallest absolute Gasteiger partial charge is 0.202 e. The molecule has 0 radical (unpaired) electrons. The molecule has 4 heteroatoms. The molecule has 0 bridgehead atoms. The Kier molecular flexibility index (Phi) is 4.51. The van der Waals surface area contributed by atoms with Gasteiger partial charge in [0.15, 0.2) is 6.61 Å². The monoisotopic (exact) mass is 348 g/mol. The van der Waals surface area contributed by atoms with Crippen molar-refractivity contribution in [2.45, 2.75) is 26.8 Å². The van der Waals surface area contributed by atoms with Gasteiger partial charge in [-0.15, -0.1) is 0 Å². The third-order valence-corrected chi connectivity index (χ3v) is 5.16. The summed E-state index contributed by atoms with van der Waals surface area (Å²) in [6.45, 7) is 6.81. The minimum Gasteiger partial charge on any atom is -0.485 e. The second-order valence-corrected chi connectivity index (χ2v) is 6.92. The fourth-order valence-electron chi connectivity index (χ4n) is 3.94. The van der Waals surface area contributed by atoms with Crippen LogP contribution in [0.1, 0.15) is 27.2 Å². The molecule has 0 atom stereocenters. The summed E-state index contributed by atoms with van der Waals surface area (Å²) >= 11 is 0. The fourth-order valence-corrected chi connectivity index (χ4v) is 3.94. The van der Waals surface area contributed by atoms with Crippen molar-refractivity contribution in [2.24, 2.45) is 0 Å². The molecule has 1 aromatic heterocycles. The average molecular weight is 348 g/mol. The third-order valence-electron chi connectivity index (χ3n) is 5.16. The van der Waals surface area contributed by atoms with E-state index < -0.39 is 0 Å². The molecule has 0 spiro atoms. The maximum Gasteiger partial charge on any atom is 0.202 e. The van der Waals surface area contributed by atoms with Crippen LogP contribution in [0.3, 0.4) is 0 Å². The van der Waals surface area contributed by atoms with Crippen LogP contribution in [0.5, 0.6) is 5.75 Å². The first-order chi connectivity index (χ1) is 12.7. The van der Waals surface area contributed by atoms with Crippen LogP contribution in [-0.2, 0) is 13.0 Å². The van der Waals surface area contributed by atoms with Gasteiger partial charge in [0.2, 0.25) is 5.78 Å². The Bertz CT molecular complexity index is 951. The van der Waals surface area contributed by atoms with E-state index in [-0.39, 0.29) is 12.4 Å². The lowest BCUT2D eigenvalue weighted by Gasteiger charge is -2.12. The Morgan fingerprint density at radius 2 is 1.85 bits per heavy atom. The summed E-state index contributed by atoms with van der Waals surface area (Å²) in [5, 5.41) is 4.46. The van der Waals surface area contributed by atoms with Gasteiger partial charge in [-0.2, -0.15) is 0 Å². The number of rotatable bonds is 4. The molecule has 0 saturated carbocycles. The molecule has 0 amide bonds. The van der Waals surface area contributed by atoms with Crippen molar-refractivity contribution in [2.75, 3.05) is 19.7 Å². The molecular weight excluding hydrogens is 324 g/mol. The highest BCUT2D eigenvalue weighted by Crippen LogP contribution is 2.29. The minimum absolute atomic E-state index is 0.0551. The molecular formula is C22H24N2O2.